The number of aliphatic hydroxyl groups excluding tert-OH is 1. The summed E-state index contributed by atoms with van der Waals surface area (Å²) in [6, 6.07) is 3.91. The summed E-state index contributed by atoms with van der Waals surface area (Å²) >= 11 is 1.71. The van der Waals surface area contributed by atoms with Gasteiger partial charge in [-0.25, -0.2) is 0 Å². The van der Waals surface area contributed by atoms with E-state index in [9.17, 15) is 5.11 Å². The number of aliphatic hydroxyl groups is 1. The minimum absolute atomic E-state index is 0.563. The molecule has 1 atom stereocenters. The standard InChI is InChI=1S/C12H14O2S/c1-7-4-10(6-14-7)12(13)11-5-8(2)15-9(11)3/h4-6,12-13H,1-3H3. The van der Waals surface area contributed by atoms with Gasteiger partial charge in [-0.3, -0.25) is 0 Å². The van der Waals surface area contributed by atoms with Crippen LogP contribution in [0.5, 0.6) is 0 Å². The summed E-state index contributed by atoms with van der Waals surface area (Å²) in [7, 11) is 0. The second-order valence-electron chi connectivity index (χ2n) is 3.76. The lowest BCUT2D eigenvalue weighted by molar-refractivity contribution is 0.219. The lowest BCUT2D eigenvalue weighted by atomic mass is 10.0. The molecule has 2 aromatic heterocycles. The van der Waals surface area contributed by atoms with Crippen molar-refractivity contribution in [2.24, 2.45) is 0 Å². The molecular weight excluding hydrogens is 208 g/mol. The Kier molecular flexibility index (Phi) is 2.67. The van der Waals surface area contributed by atoms with Gasteiger partial charge < -0.3 is 9.52 Å². The van der Waals surface area contributed by atoms with Gasteiger partial charge in [0.1, 0.15) is 11.9 Å². The van der Waals surface area contributed by atoms with Crippen LogP contribution in [0, 0.1) is 20.8 Å². The number of thiophene rings is 1. The van der Waals surface area contributed by atoms with Crippen molar-refractivity contribution in [2.75, 3.05) is 0 Å². The molecular formula is C12H14O2S. The first-order valence-electron chi connectivity index (χ1n) is 4.88. The molecule has 3 heteroatoms. The van der Waals surface area contributed by atoms with E-state index in [1.807, 2.05) is 26.0 Å². The summed E-state index contributed by atoms with van der Waals surface area (Å²) in [5.74, 6) is 0.827. The molecule has 2 nitrogen and oxygen atoms in total. The molecule has 0 aliphatic carbocycles. The van der Waals surface area contributed by atoms with Gasteiger partial charge in [0.05, 0.1) is 6.26 Å². The summed E-state index contributed by atoms with van der Waals surface area (Å²) in [4.78, 5) is 2.39. The van der Waals surface area contributed by atoms with Crippen molar-refractivity contribution in [1.82, 2.24) is 0 Å². The Hall–Kier alpha value is -1.06. The van der Waals surface area contributed by atoms with Gasteiger partial charge in [-0.2, -0.15) is 0 Å². The van der Waals surface area contributed by atoms with Gasteiger partial charge in [0, 0.05) is 15.3 Å². The summed E-state index contributed by atoms with van der Waals surface area (Å²) < 4.78 is 5.20. The second-order valence-corrected chi connectivity index (χ2v) is 5.22. The van der Waals surface area contributed by atoms with E-state index in [2.05, 4.69) is 6.92 Å². The third kappa shape index (κ3) is 1.98. The molecule has 0 saturated heterocycles. The second kappa shape index (κ2) is 3.83. The van der Waals surface area contributed by atoms with E-state index in [1.165, 1.54) is 9.75 Å². The number of furan rings is 1. The lowest BCUT2D eigenvalue weighted by Gasteiger charge is -2.06. The Bertz CT molecular complexity index is 468. The van der Waals surface area contributed by atoms with Crippen LogP contribution in [-0.2, 0) is 0 Å². The molecule has 80 valence electrons. The fraction of sp³-hybridized carbons (Fsp3) is 0.333. The smallest absolute Gasteiger partial charge is 0.108 e. The molecule has 1 unspecified atom stereocenters. The quantitative estimate of drug-likeness (QED) is 0.845. The van der Waals surface area contributed by atoms with E-state index in [0.29, 0.717) is 0 Å². The highest BCUT2D eigenvalue weighted by Gasteiger charge is 2.16. The highest BCUT2D eigenvalue weighted by Crippen LogP contribution is 2.31. The van der Waals surface area contributed by atoms with E-state index in [4.69, 9.17) is 4.42 Å². The normalized spacial score (nSPS) is 13.1. The average Bonchev–Trinajstić information content (AvgIpc) is 2.71. The Morgan fingerprint density at radius 1 is 1.27 bits per heavy atom. The molecule has 0 saturated carbocycles. The fourth-order valence-corrected chi connectivity index (χ4v) is 2.67. The molecule has 1 N–H and O–H groups in total. The Labute approximate surface area is 93.2 Å². The van der Waals surface area contributed by atoms with Crippen LogP contribution in [0.15, 0.2) is 22.8 Å². The van der Waals surface area contributed by atoms with Crippen LogP contribution in [0.1, 0.15) is 32.7 Å². The number of rotatable bonds is 2. The largest absolute Gasteiger partial charge is 0.469 e. The van der Waals surface area contributed by atoms with Crippen molar-refractivity contribution in [3.05, 3.63) is 45.0 Å². The molecule has 2 aromatic rings. The summed E-state index contributed by atoms with van der Waals surface area (Å²) in [5.41, 5.74) is 1.81. The Morgan fingerprint density at radius 2 is 2.00 bits per heavy atom. The zero-order valence-corrected chi connectivity index (χ0v) is 9.89. The van der Waals surface area contributed by atoms with Crippen LogP contribution in [0.25, 0.3) is 0 Å². The lowest BCUT2D eigenvalue weighted by Crippen LogP contribution is -1.97. The highest BCUT2D eigenvalue weighted by molar-refractivity contribution is 7.12. The van der Waals surface area contributed by atoms with Crippen LogP contribution >= 0.6 is 11.3 Å². The molecule has 2 heterocycles. The summed E-state index contributed by atoms with van der Waals surface area (Å²) in [6.07, 6.45) is 1.05. The minimum Gasteiger partial charge on any atom is -0.469 e. The first kappa shape index (κ1) is 10.5. The van der Waals surface area contributed by atoms with Gasteiger partial charge >= 0.3 is 0 Å². The third-order valence-electron chi connectivity index (χ3n) is 2.44. The molecule has 0 aromatic carbocycles. The van der Waals surface area contributed by atoms with E-state index in [-0.39, 0.29) is 0 Å². The zero-order chi connectivity index (χ0) is 11.0. The van der Waals surface area contributed by atoms with E-state index in [0.717, 1.165) is 16.9 Å². The Balaban J connectivity index is 2.35. The maximum Gasteiger partial charge on any atom is 0.108 e. The van der Waals surface area contributed by atoms with Crippen molar-refractivity contribution in [2.45, 2.75) is 26.9 Å². The van der Waals surface area contributed by atoms with Crippen molar-refractivity contribution >= 4 is 11.3 Å². The van der Waals surface area contributed by atoms with Crippen molar-refractivity contribution in [1.29, 1.82) is 0 Å². The predicted octanol–water partition coefficient (Wildman–Crippen LogP) is 3.35. The van der Waals surface area contributed by atoms with Crippen LogP contribution in [0.2, 0.25) is 0 Å². The highest BCUT2D eigenvalue weighted by atomic mass is 32.1. The average molecular weight is 222 g/mol. The molecule has 15 heavy (non-hydrogen) atoms. The van der Waals surface area contributed by atoms with Crippen LogP contribution in [0.3, 0.4) is 0 Å². The fourth-order valence-electron chi connectivity index (χ4n) is 1.71. The molecule has 0 aliphatic rings. The number of hydrogen-bond donors (Lipinski definition) is 1. The third-order valence-corrected chi connectivity index (χ3v) is 3.42. The topological polar surface area (TPSA) is 33.4 Å². The van der Waals surface area contributed by atoms with E-state index >= 15 is 0 Å². The Morgan fingerprint density at radius 3 is 2.47 bits per heavy atom. The van der Waals surface area contributed by atoms with Crippen molar-refractivity contribution < 1.29 is 9.52 Å². The maximum absolute atomic E-state index is 10.1. The van der Waals surface area contributed by atoms with Crippen molar-refractivity contribution in [3.63, 3.8) is 0 Å². The van der Waals surface area contributed by atoms with Gasteiger partial charge in [0.25, 0.3) is 0 Å². The number of hydrogen-bond acceptors (Lipinski definition) is 3. The molecule has 0 fully saturated rings. The van der Waals surface area contributed by atoms with Crippen LogP contribution < -0.4 is 0 Å². The molecule has 0 bridgehead atoms. The van der Waals surface area contributed by atoms with E-state index < -0.39 is 6.10 Å². The van der Waals surface area contributed by atoms with Gasteiger partial charge in [-0.1, -0.05) is 0 Å². The predicted molar refractivity (Wildman–Crippen MR) is 61.3 cm³/mol. The minimum atomic E-state index is -0.563. The van der Waals surface area contributed by atoms with Crippen LogP contribution in [0.4, 0.5) is 0 Å². The molecule has 0 spiro atoms. The first-order valence-corrected chi connectivity index (χ1v) is 5.69. The van der Waals surface area contributed by atoms with Gasteiger partial charge in [0.15, 0.2) is 0 Å². The zero-order valence-electron chi connectivity index (χ0n) is 9.07. The molecule has 0 amide bonds. The van der Waals surface area contributed by atoms with E-state index in [1.54, 1.807) is 17.6 Å². The van der Waals surface area contributed by atoms with Crippen molar-refractivity contribution in [3.8, 4) is 0 Å². The summed E-state index contributed by atoms with van der Waals surface area (Å²) in [5, 5.41) is 10.1. The summed E-state index contributed by atoms with van der Waals surface area (Å²) in [6.45, 7) is 5.96. The first-order chi connectivity index (χ1) is 7.08. The molecule has 2 rings (SSSR count). The molecule has 0 aliphatic heterocycles. The monoisotopic (exact) mass is 222 g/mol. The number of aryl methyl sites for hydroxylation is 3. The van der Waals surface area contributed by atoms with Gasteiger partial charge in [-0.15, -0.1) is 11.3 Å². The van der Waals surface area contributed by atoms with Gasteiger partial charge in [-0.05, 0) is 38.5 Å². The molecule has 0 radical (unpaired) electrons. The maximum atomic E-state index is 10.1. The SMILES string of the molecule is Cc1cc(C(O)c2cc(C)sc2C)co1. The van der Waals surface area contributed by atoms with Gasteiger partial charge in [0.2, 0.25) is 0 Å². The van der Waals surface area contributed by atoms with Crippen LogP contribution in [-0.4, -0.2) is 5.11 Å².